The zero-order chi connectivity index (χ0) is 17.9. The van der Waals surface area contributed by atoms with Gasteiger partial charge < -0.3 is 10.2 Å². The quantitative estimate of drug-likeness (QED) is 0.749. The Hall–Kier alpha value is -2.77. The second-order valence-corrected chi connectivity index (χ2v) is 6.39. The molecule has 1 amide bonds. The normalized spacial score (nSPS) is 16.6. The first-order valence-corrected chi connectivity index (χ1v) is 8.63. The van der Waals surface area contributed by atoms with Crippen LogP contribution in [0.25, 0.3) is 5.69 Å². The van der Waals surface area contributed by atoms with Gasteiger partial charge in [-0.3, -0.25) is 9.78 Å². The standard InChI is InChI=1S/C19H20N6O.ClH/c1-14-4-6-16(7-5-14)25-13-17(22-23-25)19(26)24-10-9-21-12-18(24)15-3-2-8-20-11-15;/h2-8,11,13,18,21H,9-10,12H2,1H3;1H. The van der Waals surface area contributed by atoms with Crippen LogP contribution in [0.2, 0.25) is 0 Å². The molecule has 0 bridgehead atoms. The van der Waals surface area contributed by atoms with Gasteiger partial charge in [-0.1, -0.05) is 29.0 Å². The highest BCUT2D eigenvalue weighted by Crippen LogP contribution is 2.23. The van der Waals surface area contributed by atoms with Gasteiger partial charge in [-0.15, -0.1) is 17.5 Å². The summed E-state index contributed by atoms with van der Waals surface area (Å²) in [7, 11) is 0. The summed E-state index contributed by atoms with van der Waals surface area (Å²) in [4.78, 5) is 19.1. The number of nitrogens with zero attached hydrogens (tertiary/aromatic N) is 5. The van der Waals surface area contributed by atoms with Crippen LogP contribution in [0.1, 0.15) is 27.7 Å². The van der Waals surface area contributed by atoms with Gasteiger partial charge in [0.1, 0.15) is 0 Å². The Kier molecular flexibility index (Phi) is 5.83. The largest absolute Gasteiger partial charge is 0.328 e. The average Bonchev–Trinajstić information content (AvgIpc) is 3.19. The fourth-order valence-electron chi connectivity index (χ4n) is 3.15. The topological polar surface area (TPSA) is 75.9 Å². The van der Waals surface area contributed by atoms with Crippen LogP contribution in [0.5, 0.6) is 0 Å². The Morgan fingerprint density at radius 2 is 2.04 bits per heavy atom. The van der Waals surface area contributed by atoms with Crippen molar-refractivity contribution in [1.82, 2.24) is 30.2 Å². The van der Waals surface area contributed by atoms with Gasteiger partial charge in [0.2, 0.25) is 0 Å². The molecule has 140 valence electrons. The van der Waals surface area contributed by atoms with Gasteiger partial charge in [0.05, 0.1) is 17.9 Å². The maximum absolute atomic E-state index is 13.0. The molecule has 4 rings (SSSR count). The van der Waals surface area contributed by atoms with Gasteiger partial charge in [0, 0.05) is 32.0 Å². The molecule has 3 heterocycles. The number of hydrogen-bond donors (Lipinski definition) is 1. The zero-order valence-electron chi connectivity index (χ0n) is 14.9. The zero-order valence-corrected chi connectivity index (χ0v) is 15.8. The SMILES string of the molecule is Cc1ccc(-n2cc(C(=O)N3CCNCC3c3cccnc3)nn2)cc1.Cl. The number of hydrogen-bond acceptors (Lipinski definition) is 5. The first-order valence-electron chi connectivity index (χ1n) is 8.63. The highest BCUT2D eigenvalue weighted by atomic mass is 35.5. The summed E-state index contributed by atoms with van der Waals surface area (Å²) < 4.78 is 1.63. The molecule has 0 aliphatic carbocycles. The molecule has 8 heteroatoms. The molecular weight excluding hydrogens is 364 g/mol. The summed E-state index contributed by atoms with van der Waals surface area (Å²) in [5.74, 6) is -0.112. The van der Waals surface area contributed by atoms with Crippen molar-refractivity contribution < 1.29 is 4.79 Å². The predicted octanol–water partition coefficient (Wildman–Crippen LogP) is 2.18. The van der Waals surface area contributed by atoms with Crippen molar-refractivity contribution >= 4 is 18.3 Å². The summed E-state index contributed by atoms with van der Waals surface area (Å²) in [5.41, 5.74) is 3.41. The third kappa shape index (κ3) is 3.99. The van der Waals surface area contributed by atoms with Crippen molar-refractivity contribution in [1.29, 1.82) is 0 Å². The van der Waals surface area contributed by atoms with E-state index in [4.69, 9.17) is 0 Å². The Morgan fingerprint density at radius 3 is 2.78 bits per heavy atom. The van der Waals surface area contributed by atoms with E-state index in [0.717, 1.165) is 17.8 Å². The molecule has 0 spiro atoms. The summed E-state index contributed by atoms with van der Waals surface area (Å²) in [6.07, 6.45) is 5.23. The fraction of sp³-hybridized carbons (Fsp3) is 0.263. The van der Waals surface area contributed by atoms with Crippen LogP contribution in [0.4, 0.5) is 0 Å². The van der Waals surface area contributed by atoms with E-state index in [1.54, 1.807) is 23.3 Å². The number of nitrogens with one attached hydrogen (secondary N) is 1. The molecule has 1 aromatic carbocycles. The molecule has 3 aromatic rings. The number of piperazine rings is 1. The van der Waals surface area contributed by atoms with Crippen molar-refractivity contribution in [3.8, 4) is 5.69 Å². The van der Waals surface area contributed by atoms with Crippen LogP contribution in [0, 0.1) is 6.92 Å². The van der Waals surface area contributed by atoms with Gasteiger partial charge >= 0.3 is 0 Å². The van der Waals surface area contributed by atoms with E-state index in [1.807, 2.05) is 48.2 Å². The van der Waals surface area contributed by atoms with E-state index < -0.39 is 0 Å². The molecule has 1 fully saturated rings. The van der Waals surface area contributed by atoms with E-state index in [-0.39, 0.29) is 24.4 Å². The molecule has 1 atom stereocenters. The van der Waals surface area contributed by atoms with Crippen LogP contribution < -0.4 is 5.32 Å². The number of aryl methyl sites for hydroxylation is 1. The van der Waals surface area contributed by atoms with Gasteiger partial charge in [-0.05, 0) is 30.7 Å². The molecule has 7 nitrogen and oxygen atoms in total. The summed E-state index contributed by atoms with van der Waals surface area (Å²) >= 11 is 0. The van der Waals surface area contributed by atoms with Gasteiger partial charge in [-0.2, -0.15) is 0 Å². The smallest absolute Gasteiger partial charge is 0.276 e. The Bertz CT molecular complexity index is 896. The number of rotatable bonds is 3. The van der Waals surface area contributed by atoms with Crippen LogP contribution >= 0.6 is 12.4 Å². The second-order valence-electron chi connectivity index (χ2n) is 6.39. The van der Waals surface area contributed by atoms with E-state index in [9.17, 15) is 4.79 Å². The Balaban J connectivity index is 0.00000210. The maximum atomic E-state index is 13.0. The summed E-state index contributed by atoms with van der Waals surface area (Å²) in [6, 6.07) is 11.8. The third-order valence-electron chi connectivity index (χ3n) is 4.58. The minimum atomic E-state index is -0.112. The lowest BCUT2D eigenvalue weighted by Crippen LogP contribution is -2.48. The van der Waals surface area contributed by atoms with E-state index >= 15 is 0 Å². The third-order valence-corrected chi connectivity index (χ3v) is 4.58. The number of pyridine rings is 1. The fourth-order valence-corrected chi connectivity index (χ4v) is 3.15. The Morgan fingerprint density at radius 1 is 1.22 bits per heavy atom. The number of carbonyl (C=O) groups excluding carboxylic acids is 1. The van der Waals surface area contributed by atoms with E-state index in [2.05, 4.69) is 20.6 Å². The lowest BCUT2D eigenvalue weighted by atomic mass is 10.0. The van der Waals surface area contributed by atoms with Crippen LogP contribution in [0.15, 0.2) is 55.0 Å². The number of aromatic nitrogens is 4. The molecule has 1 N–H and O–H groups in total. The number of halogens is 1. The van der Waals surface area contributed by atoms with E-state index in [1.165, 1.54) is 5.56 Å². The predicted molar refractivity (Wildman–Crippen MR) is 104 cm³/mol. The lowest BCUT2D eigenvalue weighted by Gasteiger charge is -2.35. The van der Waals surface area contributed by atoms with Crippen molar-refractivity contribution in [2.75, 3.05) is 19.6 Å². The molecule has 1 unspecified atom stereocenters. The van der Waals surface area contributed by atoms with Crippen LogP contribution in [-0.2, 0) is 0 Å². The van der Waals surface area contributed by atoms with Crippen molar-refractivity contribution in [3.63, 3.8) is 0 Å². The lowest BCUT2D eigenvalue weighted by molar-refractivity contribution is 0.0628. The molecule has 2 aromatic heterocycles. The molecule has 0 saturated carbocycles. The first-order chi connectivity index (χ1) is 12.7. The van der Waals surface area contributed by atoms with Crippen molar-refractivity contribution in [2.24, 2.45) is 0 Å². The van der Waals surface area contributed by atoms with Crippen molar-refractivity contribution in [2.45, 2.75) is 13.0 Å². The number of carbonyl (C=O) groups is 1. The maximum Gasteiger partial charge on any atom is 0.276 e. The number of benzene rings is 1. The molecule has 1 aliphatic heterocycles. The van der Waals surface area contributed by atoms with Crippen LogP contribution in [0.3, 0.4) is 0 Å². The van der Waals surface area contributed by atoms with Gasteiger partial charge in [-0.25, -0.2) is 4.68 Å². The van der Waals surface area contributed by atoms with Crippen LogP contribution in [-0.4, -0.2) is 50.4 Å². The highest BCUT2D eigenvalue weighted by molar-refractivity contribution is 5.92. The molecule has 27 heavy (non-hydrogen) atoms. The average molecular weight is 385 g/mol. The molecule has 1 saturated heterocycles. The molecular formula is C19H21ClN6O. The second kappa shape index (κ2) is 8.28. The van der Waals surface area contributed by atoms with Crippen molar-refractivity contribution in [3.05, 3.63) is 71.8 Å². The molecule has 1 aliphatic rings. The minimum Gasteiger partial charge on any atom is -0.328 e. The van der Waals surface area contributed by atoms with Gasteiger partial charge in [0.15, 0.2) is 5.69 Å². The number of amides is 1. The Labute approximate surface area is 163 Å². The minimum absolute atomic E-state index is 0. The first kappa shape index (κ1) is 19.0. The summed E-state index contributed by atoms with van der Waals surface area (Å²) in [5, 5.41) is 11.6. The van der Waals surface area contributed by atoms with E-state index in [0.29, 0.717) is 18.8 Å². The molecule has 0 radical (unpaired) electrons. The monoisotopic (exact) mass is 384 g/mol. The highest BCUT2D eigenvalue weighted by Gasteiger charge is 2.30. The summed E-state index contributed by atoms with van der Waals surface area (Å²) in [6.45, 7) is 4.11. The van der Waals surface area contributed by atoms with Gasteiger partial charge in [0.25, 0.3) is 5.91 Å².